The number of carbonyl (C=O) groups excluding carboxylic acids is 1. The van der Waals surface area contributed by atoms with Crippen LogP contribution in [0.2, 0.25) is 36.3 Å². The van der Waals surface area contributed by atoms with Crippen molar-refractivity contribution in [2.45, 2.75) is 109 Å². The highest BCUT2D eigenvalue weighted by Gasteiger charge is 2.50. The van der Waals surface area contributed by atoms with Crippen LogP contribution in [0.5, 0.6) is 0 Å². The fourth-order valence-corrected chi connectivity index (χ4v) is 7.01. The predicted molar refractivity (Wildman–Crippen MR) is 140 cm³/mol. The summed E-state index contributed by atoms with van der Waals surface area (Å²) in [5.41, 5.74) is 3.16. The summed E-state index contributed by atoms with van der Waals surface area (Å²) in [7, 11) is -4.07. The normalized spacial score (nSPS) is 25.3. The lowest BCUT2D eigenvalue weighted by Gasteiger charge is -2.48. The first kappa shape index (κ1) is 25.6. The molecule has 2 aliphatic rings. The third-order valence-corrected chi connectivity index (χ3v) is 17.4. The molecule has 3 rings (SSSR count). The van der Waals surface area contributed by atoms with E-state index >= 15 is 0 Å². The third-order valence-electron chi connectivity index (χ3n) is 8.43. The lowest BCUT2D eigenvalue weighted by molar-refractivity contribution is -0.113. The predicted octanol–water partition coefficient (Wildman–Crippen LogP) is 7.60. The molecule has 0 unspecified atom stereocenters. The largest absolute Gasteiger partial charge is 0.411 e. The first-order chi connectivity index (χ1) is 14.6. The van der Waals surface area contributed by atoms with Crippen molar-refractivity contribution < 1.29 is 13.6 Å². The summed E-state index contributed by atoms with van der Waals surface area (Å²) in [6, 6.07) is 10.2. The Bertz CT molecular complexity index is 872. The summed E-state index contributed by atoms with van der Waals surface area (Å²) in [6.45, 7) is 23.0. The molecular weight excluding hydrogens is 428 g/mol. The van der Waals surface area contributed by atoms with Gasteiger partial charge >= 0.3 is 0 Å². The van der Waals surface area contributed by atoms with E-state index in [0.717, 1.165) is 24.0 Å². The van der Waals surface area contributed by atoms with Crippen LogP contribution in [0.25, 0.3) is 5.57 Å². The lowest BCUT2D eigenvalue weighted by Crippen LogP contribution is -2.54. The van der Waals surface area contributed by atoms with E-state index in [1.54, 1.807) is 0 Å². The van der Waals surface area contributed by atoms with Gasteiger partial charge in [0.25, 0.3) is 0 Å². The molecule has 0 aliphatic heterocycles. The van der Waals surface area contributed by atoms with Crippen molar-refractivity contribution in [3.63, 3.8) is 0 Å². The Morgan fingerprint density at radius 3 is 1.88 bits per heavy atom. The highest BCUT2D eigenvalue weighted by molar-refractivity contribution is 6.74. The van der Waals surface area contributed by atoms with Crippen molar-refractivity contribution in [1.29, 1.82) is 0 Å². The maximum absolute atomic E-state index is 13.3. The van der Waals surface area contributed by atoms with Crippen LogP contribution in [0.15, 0.2) is 35.9 Å². The van der Waals surface area contributed by atoms with E-state index in [1.807, 2.05) is 18.2 Å². The Labute approximate surface area is 198 Å². The first-order valence-corrected chi connectivity index (χ1v) is 18.0. The molecule has 3 atom stereocenters. The second-order valence-corrected chi connectivity index (χ2v) is 22.3. The average Bonchev–Trinajstić information content (AvgIpc) is 2.98. The van der Waals surface area contributed by atoms with Crippen LogP contribution in [-0.4, -0.2) is 34.6 Å². The van der Waals surface area contributed by atoms with Gasteiger partial charge in [0.15, 0.2) is 22.4 Å². The topological polar surface area (TPSA) is 35.5 Å². The van der Waals surface area contributed by atoms with Crippen LogP contribution in [0.3, 0.4) is 0 Å². The number of rotatable bonds is 5. The number of allylic oxidation sites excluding steroid dienone is 1. The molecule has 178 valence electrons. The minimum Gasteiger partial charge on any atom is -0.411 e. The Kier molecular flexibility index (Phi) is 6.92. The van der Waals surface area contributed by atoms with Crippen LogP contribution in [0.4, 0.5) is 0 Å². The second-order valence-electron chi connectivity index (χ2n) is 12.8. The van der Waals surface area contributed by atoms with E-state index in [9.17, 15) is 4.79 Å². The number of Topliss-reactive ketones (excluding diaryl/α,β-unsaturated/α-hetero) is 1. The third kappa shape index (κ3) is 4.91. The van der Waals surface area contributed by atoms with Crippen LogP contribution >= 0.6 is 0 Å². The average molecular weight is 473 g/mol. The van der Waals surface area contributed by atoms with Gasteiger partial charge in [-0.1, -0.05) is 71.9 Å². The fourth-order valence-electron chi connectivity index (χ4n) is 4.39. The van der Waals surface area contributed by atoms with E-state index in [4.69, 9.17) is 8.85 Å². The zero-order valence-electron chi connectivity index (χ0n) is 22.0. The van der Waals surface area contributed by atoms with E-state index in [0.29, 0.717) is 6.42 Å². The van der Waals surface area contributed by atoms with Gasteiger partial charge in [-0.2, -0.15) is 0 Å². The quantitative estimate of drug-likeness (QED) is 0.414. The van der Waals surface area contributed by atoms with Crippen LogP contribution in [-0.2, 0) is 13.6 Å². The Balaban J connectivity index is 2.12. The highest BCUT2D eigenvalue weighted by atomic mass is 28.4. The molecule has 1 fully saturated rings. The molecule has 3 nitrogen and oxygen atoms in total. The smallest absolute Gasteiger partial charge is 0.193 e. The van der Waals surface area contributed by atoms with Crippen molar-refractivity contribution in [2.24, 2.45) is 5.92 Å². The Morgan fingerprint density at radius 1 is 0.812 bits per heavy atom. The number of hydrogen-bond acceptors (Lipinski definition) is 3. The maximum atomic E-state index is 13.3. The molecule has 5 heteroatoms. The molecule has 1 saturated carbocycles. The van der Waals surface area contributed by atoms with E-state index in [1.165, 1.54) is 5.57 Å². The Hall–Kier alpha value is -1.02. The summed E-state index contributed by atoms with van der Waals surface area (Å²) in [4.78, 5) is 13.3. The van der Waals surface area contributed by atoms with E-state index in [-0.39, 0.29) is 34.0 Å². The number of carbonyl (C=O) groups is 1. The van der Waals surface area contributed by atoms with Gasteiger partial charge in [0.1, 0.15) is 0 Å². The monoisotopic (exact) mass is 472 g/mol. The van der Waals surface area contributed by atoms with E-state index < -0.39 is 16.6 Å². The summed E-state index contributed by atoms with van der Waals surface area (Å²) in [6.07, 6.45) is 2.47. The zero-order valence-corrected chi connectivity index (χ0v) is 24.0. The van der Waals surface area contributed by atoms with E-state index in [2.05, 4.69) is 79.9 Å². The van der Waals surface area contributed by atoms with Crippen molar-refractivity contribution in [3.05, 3.63) is 41.5 Å². The van der Waals surface area contributed by atoms with Gasteiger partial charge in [0.2, 0.25) is 0 Å². The number of ketones is 1. The molecule has 0 amide bonds. The standard InChI is InChI=1S/C27H44O3Si2/c1-26(2,3)31(7,8)29-22-17-16-20-18-21(28)23(19-14-12-11-13-15-19)24(20)25(22)30-32(9,10)27(4,5)6/h11-15,20,22,25H,16-18H2,1-10H3/t20-,22+,25-/m1/s1. The molecule has 0 N–H and O–H groups in total. The van der Waals surface area contributed by atoms with Crippen molar-refractivity contribution >= 4 is 28.0 Å². The van der Waals surface area contributed by atoms with Gasteiger partial charge in [-0.3, -0.25) is 4.79 Å². The van der Waals surface area contributed by atoms with Crippen molar-refractivity contribution in [3.8, 4) is 0 Å². The molecule has 0 aromatic heterocycles. The minimum atomic E-state index is -2.08. The van der Waals surface area contributed by atoms with Crippen LogP contribution in [0, 0.1) is 5.92 Å². The van der Waals surface area contributed by atoms with Crippen LogP contribution in [0.1, 0.15) is 66.4 Å². The summed E-state index contributed by atoms with van der Waals surface area (Å²) in [5, 5.41) is 0.227. The lowest BCUT2D eigenvalue weighted by atomic mass is 9.81. The maximum Gasteiger partial charge on any atom is 0.193 e. The van der Waals surface area contributed by atoms with Crippen LogP contribution < -0.4 is 0 Å². The van der Waals surface area contributed by atoms with Gasteiger partial charge in [0.05, 0.1) is 12.2 Å². The molecular formula is C27H44O3Si2. The summed E-state index contributed by atoms with van der Waals surface area (Å²) >= 11 is 0. The molecule has 1 aromatic rings. The molecule has 0 bridgehead atoms. The molecule has 1 aromatic carbocycles. The number of benzene rings is 1. The molecule has 32 heavy (non-hydrogen) atoms. The number of fused-ring (bicyclic) bond motifs is 1. The molecule has 0 saturated heterocycles. The van der Waals surface area contributed by atoms with Crippen molar-refractivity contribution in [2.75, 3.05) is 0 Å². The summed E-state index contributed by atoms with van der Waals surface area (Å²) in [5.74, 6) is 0.555. The highest BCUT2D eigenvalue weighted by Crippen LogP contribution is 2.50. The molecule has 0 radical (unpaired) electrons. The molecule has 2 aliphatic carbocycles. The first-order valence-electron chi connectivity index (χ1n) is 12.2. The fraction of sp³-hybridized carbons (Fsp3) is 0.667. The van der Waals surface area contributed by atoms with Gasteiger partial charge in [-0.25, -0.2) is 0 Å². The van der Waals surface area contributed by atoms with Gasteiger partial charge < -0.3 is 8.85 Å². The molecule has 0 heterocycles. The SMILES string of the molecule is CC(C)(C)[Si](C)(C)O[C@H]1CC[C@@H]2CC(=O)C(c3ccccc3)=C2[C@@H]1O[Si](C)(C)C(C)(C)C. The molecule has 0 spiro atoms. The van der Waals surface area contributed by atoms with Gasteiger partial charge in [-0.05, 0) is 66.2 Å². The Morgan fingerprint density at radius 2 is 1.34 bits per heavy atom. The summed E-state index contributed by atoms with van der Waals surface area (Å²) < 4.78 is 14.2. The number of hydrogen-bond donors (Lipinski definition) is 0. The minimum absolute atomic E-state index is 0.0147. The zero-order chi connectivity index (χ0) is 24.1. The van der Waals surface area contributed by atoms with Gasteiger partial charge in [0, 0.05) is 12.0 Å². The van der Waals surface area contributed by atoms with Crippen molar-refractivity contribution in [1.82, 2.24) is 0 Å². The second kappa shape index (κ2) is 8.64. The van der Waals surface area contributed by atoms with Gasteiger partial charge in [-0.15, -0.1) is 0 Å².